The Labute approximate surface area is 180 Å². The van der Waals surface area contributed by atoms with Crippen molar-refractivity contribution >= 4 is 17.6 Å². The number of halogens is 2. The standard InChI is InChI=1S/C23H27F2N3O3/c1-13(2)20-14(3)6-4-9-18(20)31-19-11-10-15(12-26-19)27-23(30)28-22(29)21-16(24)7-5-8-17(21)25/h5,7-8,10-14,18,20H,4,6,9H2,1-3H3,(H2,27,28,29,30). The smallest absolute Gasteiger partial charge is 0.326 e. The number of nitrogens with zero attached hydrogens (tertiary/aromatic N) is 1. The number of amides is 3. The van der Waals surface area contributed by atoms with Gasteiger partial charge in [-0.05, 0) is 42.9 Å². The maximum absolute atomic E-state index is 13.7. The quantitative estimate of drug-likeness (QED) is 0.685. The molecule has 0 radical (unpaired) electrons. The highest BCUT2D eigenvalue weighted by atomic mass is 19.1. The summed E-state index contributed by atoms with van der Waals surface area (Å²) >= 11 is 0. The average Bonchev–Trinajstić information content (AvgIpc) is 2.69. The zero-order valence-corrected chi connectivity index (χ0v) is 17.8. The first-order chi connectivity index (χ1) is 14.8. The van der Waals surface area contributed by atoms with Crippen LogP contribution in [0, 0.1) is 29.4 Å². The van der Waals surface area contributed by atoms with Gasteiger partial charge in [0.1, 0.15) is 23.3 Å². The molecule has 3 rings (SSSR count). The van der Waals surface area contributed by atoms with Crippen molar-refractivity contribution in [1.82, 2.24) is 10.3 Å². The molecule has 0 bridgehead atoms. The predicted octanol–water partition coefficient (Wildman–Crippen LogP) is 5.16. The highest BCUT2D eigenvalue weighted by Crippen LogP contribution is 2.37. The van der Waals surface area contributed by atoms with E-state index in [1.807, 2.05) is 5.32 Å². The number of hydrogen-bond donors (Lipinski definition) is 2. The number of aromatic nitrogens is 1. The monoisotopic (exact) mass is 431 g/mol. The van der Waals surface area contributed by atoms with Gasteiger partial charge in [-0.1, -0.05) is 33.3 Å². The maximum Gasteiger partial charge on any atom is 0.326 e. The van der Waals surface area contributed by atoms with E-state index in [9.17, 15) is 18.4 Å². The van der Waals surface area contributed by atoms with Crippen LogP contribution < -0.4 is 15.4 Å². The highest BCUT2D eigenvalue weighted by Gasteiger charge is 2.34. The minimum absolute atomic E-state index is 0.0895. The third-order valence-electron chi connectivity index (χ3n) is 5.69. The van der Waals surface area contributed by atoms with Crippen molar-refractivity contribution in [2.75, 3.05) is 5.32 Å². The van der Waals surface area contributed by atoms with Gasteiger partial charge in [-0.2, -0.15) is 0 Å². The number of anilines is 1. The number of benzene rings is 1. The minimum atomic E-state index is -1.17. The van der Waals surface area contributed by atoms with Crippen molar-refractivity contribution in [2.45, 2.75) is 46.1 Å². The van der Waals surface area contributed by atoms with Crippen molar-refractivity contribution in [3.8, 4) is 5.88 Å². The number of rotatable bonds is 5. The third kappa shape index (κ3) is 5.57. The van der Waals surface area contributed by atoms with Crippen LogP contribution in [0.25, 0.3) is 0 Å². The molecule has 0 saturated heterocycles. The fraction of sp³-hybridized carbons (Fsp3) is 0.435. The number of nitrogens with one attached hydrogen (secondary N) is 2. The fourth-order valence-corrected chi connectivity index (χ4v) is 4.34. The lowest BCUT2D eigenvalue weighted by Gasteiger charge is -2.38. The molecule has 1 aliphatic carbocycles. The van der Waals surface area contributed by atoms with Gasteiger partial charge < -0.3 is 10.1 Å². The Morgan fingerprint density at radius 3 is 2.45 bits per heavy atom. The summed E-state index contributed by atoms with van der Waals surface area (Å²) in [6.07, 6.45) is 4.78. The second-order valence-electron chi connectivity index (χ2n) is 8.28. The summed E-state index contributed by atoms with van der Waals surface area (Å²) in [5.41, 5.74) is -0.509. The highest BCUT2D eigenvalue weighted by molar-refractivity contribution is 6.08. The van der Waals surface area contributed by atoms with Crippen LogP contribution in [0.3, 0.4) is 0 Å². The third-order valence-corrected chi connectivity index (χ3v) is 5.69. The van der Waals surface area contributed by atoms with E-state index in [4.69, 9.17) is 4.74 Å². The topological polar surface area (TPSA) is 80.3 Å². The van der Waals surface area contributed by atoms with Crippen LogP contribution in [0.1, 0.15) is 50.4 Å². The molecule has 1 aromatic carbocycles. The first-order valence-electron chi connectivity index (χ1n) is 10.4. The normalized spacial score (nSPS) is 20.9. The molecule has 8 heteroatoms. The number of hydrogen-bond acceptors (Lipinski definition) is 4. The lowest BCUT2D eigenvalue weighted by atomic mass is 9.72. The second-order valence-corrected chi connectivity index (χ2v) is 8.28. The molecule has 0 spiro atoms. The Balaban J connectivity index is 1.59. The summed E-state index contributed by atoms with van der Waals surface area (Å²) in [6.45, 7) is 6.67. The molecular formula is C23H27F2N3O3. The van der Waals surface area contributed by atoms with Crippen LogP contribution in [0.15, 0.2) is 36.5 Å². The molecule has 1 heterocycles. The van der Waals surface area contributed by atoms with Crippen LogP contribution in [0.5, 0.6) is 5.88 Å². The number of carbonyl (C=O) groups is 2. The van der Waals surface area contributed by atoms with E-state index in [1.54, 1.807) is 12.1 Å². The second kappa shape index (κ2) is 9.85. The van der Waals surface area contributed by atoms with Crippen LogP contribution in [0.2, 0.25) is 0 Å². The van der Waals surface area contributed by atoms with Gasteiger partial charge >= 0.3 is 6.03 Å². The van der Waals surface area contributed by atoms with Gasteiger partial charge in [-0.3, -0.25) is 10.1 Å². The zero-order chi connectivity index (χ0) is 22.5. The largest absolute Gasteiger partial charge is 0.474 e. The van der Waals surface area contributed by atoms with Gasteiger partial charge in [0.15, 0.2) is 0 Å². The Hall–Kier alpha value is -3.03. The molecule has 1 fully saturated rings. The molecule has 3 atom stereocenters. The zero-order valence-electron chi connectivity index (χ0n) is 17.8. The lowest BCUT2D eigenvalue weighted by Crippen LogP contribution is -2.38. The SMILES string of the molecule is CC(C)C1C(C)CCCC1Oc1ccc(NC(=O)NC(=O)c2c(F)cccc2F)cn1. The van der Waals surface area contributed by atoms with Crippen LogP contribution in [-0.2, 0) is 0 Å². The summed E-state index contributed by atoms with van der Waals surface area (Å²) < 4.78 is 33.5. The number of urea groups is 1. The van der Waals surface area contributed by atoms with Gasteiger partial charge in [0, 0.05) is 12.0 Å². The molecule has 166 valence electrons. The summed E-state index contributed by atoms with van der Waals surface area (Å²) in [7, 11) is 0. The number of pyridine rings is 1. The van der Waals surface area contributed by atoms with Gasteiger partial charge in [0.25, 0.3) is 5.91 Å². The average molecular weight is 431 g/mol. The molecule has 2 aromatic rings. The Morgan fingerprint density at radius 1 is 1.13 bits per heavy atom. The number of ether oxygens (including phenoxy) is 1. The van der Waals surface area contributed by atoms with Gasteiger partial charge in [-0.15, -0.1) is 0 Å². The van der Waals surface area contributed by atoms with Crippen LogP contribution >= 0.6 is 0 Å². The van der Waals surface area contributed by atoms with Crippen LogP contribution in [0.4, 0.5) is 19.3 Å². The van der Waals surface area contributed by atoms with E-state index in [0.717, 1.165) is 31.0 Å². The molecular weight excluding hydrogens is 404 g/mol. The van der Waals surface area contributed by atoms with Gasteiger partial charge in [-0.25, -0.2) is 18.6 Å². The first kappa shape index (κ1) is 22.7. The molecule has 2 N–H and O–H groups in total. The van der Waals surface area contributed by atoms with Crippen molar-refractivity contribution in [2.24, 2.45) is 17.8 Å². The fourth-order valence-electron chi connectivity index (χ4n) is 4.34. The summed E-state index contributed by atoms with van der Waals surface area (Å²) in [5.74, 6) is -1.28. The van der Waals surface area contributed by atoms with Crippen molar-refractivity contribution in [1.29, 1.82) is 0 Å². The Bertz CT molecular complexity index is 914. The maximum atomic E-state index is 13.7. The van der Waals surface area contributed by atoms with E-state index >= 15 is 0 Å². The molecule has 31 heavy (non-hydrogen) atoms. The predicted molar refractivity (Wildman–Crippen MR) is 113 cm³/mol. The van der Waals surface area contributed by atoms with Gasteiger partial charge in [0.2, 0.25) is 5.88 Å². The summed E-state index contributed by atoms with van der Waals surface area (Å²) in [6, 6.07) is 5.32. The summed E-state index contributed by atoms with van der Waals surface area (Å²) in [5, 5.41) is 4.31. The Kier molecular flexibility index (Phi) is 7.20. The van der Waals surface area contributed by atoms with E-state index in [0.29, 0.717) is 29.3 Å². The number of carbonyl (C=O) groups excluding carboxylic acids is 2. The molecule has 1 aliphatic rings. The number of imide groups is 1. The lowest BCUT2D eigenvalue weighted by molar-refractivity contribution is 0.0283. The molecule has 1 aromatic heterocycles. The molecule has 1 saturated carbocycles. The van der Waals surface area contributed by atoms with Crippen molar-refractivity contribution < 1.29 is 23.1 Å². The molecule has 6 nitrogen and oxygen atoms in total. The van der Waals surface area contributed by atoms with E-state index in [1.165, 1.54) is 12.6 Å². The van der Waals surface area contributed by atoms with Crippen LogP contribution in [-0.4, -0.2) is 23.0 Å². The van der Waals surface area contributed by atoms with Crippen molar-refractivity contribution in [3.63, 3.8) is 0 Å². The Morgan fingerprint density at radius 2 is 1.84 bits per heavy atom. The molecule has 0 aliphatic heterocycles. The van der Waals surface area contributed by atoms with Gasteiger partial charge in [0.05, 0.1) is 11.9 Å². The first-order valence-corrected chi connectivity index (χ1v) is 10.4. The molecule has 3 amide bonds. The van der Waals surface area contributed by atoms with Crippen molar-refractivity contribution in [3.05, 3.63) is 53.7 Å². The van der Waals surface area contributed by atoms with E-state index in [2.05, 4.69) is 31.1 Å². The molecule has 3 unspecified atom stereocenters. The van der Waals surface area contributed by atoms with E-state index in [-0.39, 0.29) is 6.10 Å². The van der Waals surface area contributed by atoms with E-state index < -0.39 is 29.1 Å². The minimum Gasteiger partial charge on any atom is -0.474 e. The summed E-state index contributed by atoms with van der Waals surface area (Å²) in [4.78, 5) is 28.3.